The summed E-state index contributed by atoms with van der Waals surface area (Å²) in [5.74, 6) is 1.71. The molecule has 0 N–H and O–H groups in total. The van der Waals surface area contributed by atoms with Gasteiger partial charge in [0.1, 0.15) is 11.4 Å². The van der Waals surface area contributed by atoms with Crippen LogP contribution in [0.25, 0.3) is 40.8 Å². The van der Waals surface area contributed by atoms with E-state index in [0.29, 0.717) is 5.88 Å². The number of hydrogen-bond acceptors (Lipinski definition) is 2. The highest BCUT2D eigenvalue weighted by molar-refractivity contribution is 6.05. The van der Waals surface area contributed by atoms with E-state index >= 15 is 0 Å². The predicted molar refractivity (Wildman–Crippen MR) is 108 cm³/mol. The van der Waals surface area contributed by atoms with Gasteiger partial charge in [-0.1, -0.05) is 51.3 Å². The summed E-state index contributed by atoms with van der Waals surface area (Å²) in [4.78, 5) is 4.95. The van der Waals surface area contributed by atoms with Crippen LogP contribution >= 0.6 is 0 Å². The van der Waals surface area contributed by atoms with Gasteiger partial charge >= 0.3 is 0 Å². The minimum absolute atomic E-state index is 0.221. The van der Waals surface area contributed by atoms with E-state index in [1.807, 2.05) is 37.5 Å². The summed E-state index contributed by atoms with van der Waals surface area (Å²) < 4.78 is 8.08. The first-order valence-corrected chi connectivity index (χ1v) is 8.61. The number of benzene rings is 2. The number of ether oxygens (including phenoxy) is 1. The fourth-order valence-electron chi connectivity index (χ4n) is 3.20. The van der Waals surface area contributed by atoms with E-state index in [-0.39, 0.29) is 11.5 Å². The van der Waals surface area contributed by atoms with Crippen molar-refractivity contribution in [3.63, 3.8) is 0 Å². The van der Waals surface area contributed by atoms with Crippen molar-refractivity contribution in [1.82, 2.24) is 9.55 Å². The second kappa shape index (κ2) is 5.76. The van der Waals surface area contributed by atoms with Gasteiger partial charge in [0.05, 0.1) is 11.0 Å². The van der Waals surface area contributed by atoms with E-state index in [1.54, 1.807) is 0 Å². The van der Waals surface area contributed by atoms with Gasteiger partial charge in [0, 0.05) is 16.5 Å². The van der Waals surface area contributed by atoms with E-state index in [9.17, 15) is 0 Å². The Labute approximate surface area is 148 Å². The van der Waals surface area contributed by atoms with Gasteiger partial charge in [-0.2, -0.15) is 0 Å². The van der Waals surface area contributed by atoms with Crippen LogP contribution < -0.4 is 10.4 Å². The van der Waals surface area contributed by atoms with Crippen molar-refractivity contribution in [3.05, 3.63) is 47.1 Å². The summed E-state index contributed by atoms with van der Waals surface area (Å²) in [6.45, 7) is 23.0. The molecule has 0 saturated heterocycles. The molecule has 0 saturated carbocycles. The molecule has 2 aromatic carbocycles. The molecule has 0 aliphatic carbocycles. The van der Waals surface area contributed by atoms with Gasteiger partial charge < -0.3 is 4.74 Å². The lowest BCUT2D eigenvalue weighted by atomic mass is 10.1. The molecule has 0 aliphatic rings. The molecule has 0 bridgehead atoms. The average molecular weight is 334 g/mol. The average Bonchev–Trinajstić information content (AvgIpc) is 2.92. The second-order valence-corrected chi connectivity index (χ2v) is 7.77. The number of fused-ring (bicyclic) bond motifs is 3. The number of imidazole rings is 1. The molecule has 3 rings (SSSR count). The number of aromatic nitrogens is 2. The van der Waals surface area contributed by atoms with Gasteiger partial charge in [0.25, 0.3) is 0 Å². The van der Waals surface area contributed by atoms with Gasteiger partial charge in [-0.05, 0) is 38.0 Å². The molecule has 130 valence electrons. The van der Waals surface area contributed by atoms with Crippen LogP contribution in [0.4, 0.5) is 0 Å². The van der Waals surface area contributed by atoms with Crippen LogP contribution in [-0.4, -0.2) is 15.2 Å². The summed E-state index contributed by atoms with van der Waals surface area (Å²) in [5.41, 5.74) is 1.52. The lowest BCUT2D eigenvalue weighted by molar-refractivity contribution is 0.0870. The lowest BCUT2D eigenvalue weighted by Gasteiger charge is -2.25. The second-order valence-electron chi connectivity index (χ2n) is 7.77. The molecule has 1 heterocycles. The third-order valence-electron chi connectivity index (χ3n) is 4.25. The maximum absolute atomic E-state index is 6.07. The monoisotopic (exact) mass is 334 g/mol. The smallest absolute Gasteiger partial charge is 0.192 e. The Bertz CT molecular complexity index is 1080. The van der Waals surface area contributed by atoms with Crippen molar-refractivity contribution >= 4 is 40.8 Å². The fourth-order valence-corrected chi connectivity index (χ4v) is 3.20. The third kappa shape index (κ3) is 2.84. The van der Waals surface area contributed by atoms with Crippen molar-refractivity contribution in [1.29, 1.82) is 0 Å². The molecule has 0 aliphatic heterocycles. The van der Waals surface area contributed by atoms with Crippen LogP contribution in [0.3, 0.4) is 0 Å². The van der Waals surface area contributed by atoms with Crippen LogP contribution in [0.1, 0.15) is 46.4 Å². The van der Waals surface area contributed by atoms with Gasteiger partial charge in [-0.3, -0.25) is 4.57 Å². The molecule has 0 spiro atoms. The SMILES string of the molecule is C=C(OC(C)(C)C)n1c(C(C)C)nc2c3ccccc3c(=C)c(=C)c21. The largest absolute Gasteiger partial charge is 0.473 e. The molecule has 3 heteroatoms. The first-order valence-electron chi connectivity index (χ1n) is 8.61. The van der Waals surface area contributed by atoms with Gasteiger partial charge in [-0.25, -0.2) is 4.98 Å². The molecule has 0 fully saturated rings. The molecule has 0 unspecified atom stereocenters. The molecule has 3 aromatic rings. The summed E-state index contributed by atoms with van der Waals surface area (Å²) in [7, 11) is 0. The van der Waals surface area contributed by atoms with Crippen LogP contribution in [0.15, 0.2) is 30.8 Å². The quantitative estimate of drug-likeness (QED) is 0.665. The minimum atomic E-state index is -0.340. The number of hydrogen-bond donors (Lipinski definition) is 0. The van der Waals surface area contributed by atoms with Gasteiger partial charge in [0.2, 0.25) is 0 Å². The zero-order chi connectivity index (χ0) is 18.5. The van der Waals surface area contributed by atoms with E-state index < -0.39 is 0 Å². The normalized spacial score (nSPS) is 12.2. The van der Waals surface area contributed by atoms with Gasteiger partial charge in [0.15, 0.2) is 5.88 Å². The summed E-state index contributed by atoms with van der Waals surface area (Å²) in [6, 6.07) is 8.20. The molecule has 25 heavy (non-hydrogen) atoms. The molecule has 0 atom stereocenters. The Balaban J connectivity index is 2.47. The zero-order valence-corrected chi connectivity index (χ0v) is 15.8. The van der Waals surface area contributed by atoms with Crippen molar-refractivity contribution < 1.29 is 4.74 Å². The third-order valence-corrected chi connectivity index (χ3v) is 4.25. The topological polar surface area (TPSA) is 27.1 Å². The van der Waals surface area contributed by atoms with Crippen LogP contribution in [0.5, 0.6) is 0 Å². The Morgan fingerprint density at radius 2 is 1.68 bits per heavy atom. The molecule has 3 nitrogen and oxygen atoms in total. The fraction of sp³-hybridized carbons (Fsp3) is 0.318. The van der Waals surface area contributed by atoms with Crippen molar-refractivity contribution in [2.75, 3.05) is 0 Å². The molecule has 0 amide bonds. The highest BCUT2D eigenvalue weighted by atomic mass is 16.5. The Morgan fingerprint density at radius 3 is 2.24 bits per heavy atom. The number of nitrogens with zero attached hydrogens (tertiary/aromatic N) is 2. The van der Waals surface area contributed by atoms with Crippen LogP contribution in [0, 0.1) is 0 Å². The highest BCUT2D eigenvalue weighted by Gasteiger charge is 2.22. The molecule has 0 radical (unpaired) electrons. The maximum Gasteiger partial charge on any atom is 0.192 e. The maximum atomic E-state index is 6.07. The Morgan fingerprint density at radius 1 is 1.08 bits per heavy atom. The molecular weight excluding hydrogens is 308 g/mol. The summed E-state index contributed by atoms with van der Waals surface area (Å²) in [5, 5.41) is 3.95. The Hall–Kier alpha value is -2.55. The van der Waals surface area contributed by atoms with Crippen molar-refractivity contribution in [2.24, 2.45) is 0 Å². The summed E-state index contributed by atoms with van der Waals surface area (Å²) in [6.07, 6.45) is 0. The lowest BCUT2D eigenvalue weighted by Crippen LogP contribution is -2.27. The Kier molecular flexibility index (Phi) is 3.98. The minimum Gasteiger partial charge on any atom is -0.473 e. The van der Waals surface area contributed by atoms with Crippen LogP contribution in [-0.2, 0) is 4.74 Å². The van der Waals surface area contributed by atoms with Crippen molar-refractivity contribution in [3.8, 4) is 0 Å². The van der Waals surface area contributed by atoms with Gasteiger partial charge in [-0.15, -0.1) is 0 Å². The first kappa shape index (κ1) is 17.3. The highest BCUT2D eigenvalue weighted by Crippen LogP contribution is 2.29. The molecule has 1 aromatic heterocycles. The first-order chi connectivity index (χ1) is 11.6. The van der Waals surface area contributed by atoms with E-state index in [2.05, 4.69) is 45.7 Å². The van der Waals surface area contributed by atoms with Crippen molar-refractivity contribution in [2.45, 2.75) is 46.1 Å². The van der Waals surface area contributed by atoms with E-state index in [0.717, 1.165) is 38.1 Å². The van der Waals surface area contributed by atoms with E-state index in [1.165, 1.54) is 0 Å². The van der Waals surface area contributed by atoms with E-state index in [4.69, 9.17) is 9.72 Å². The predicted octanol–water partition coefficient (Wildman–Crippen LogP) is 4.38. The number of rotatable bonds is 3. The standard InChI is InChI=1S/C22H26N2O/c1-13(2)21-23-19-18-12-10-9-11-17(18)14(3)15(4)20(19)24(21)16(5)25-22(6,7)8/h9-13H,3-5H2,1-2,6-8H3. The van der Waals surface area contributed by atoms with Crippen LogP contribution in [0.2, 0.25) is 0 Å². The summed E-state index contributed by atoms with van der Waals surface area (Å²) >= 11 is 0. The zero-order valence-electron chi connectivity index (χ0n) is 15.8. The molecular formula is C22H26N2O.